The van der Waals surface area contributed by atoms with E-state index in [-0.39, 0.29) is 25.0 Å². The van der Waals surface area contributed by atoms with E-state index in [1.807, 2.05) is 56.3 Å². The third-order valence-electron chi connectivity index (χ3n) is 3.92. The average molecular weight is 355 g/mol. The molecule has 5 nitrogen and oxygen atoms in total. The van der Waals surface area contributed by atoms with E-state index >= 15 is 0 Å². The van der Waals surface area contributed by atoms with Crippen LogP contribution in [0.1, 0.15) is 36.5 Å². The Labute approximate surface area is 154 Å². The zero-order chi connectivity index (χ0) is 19.1. The molecule has 2 aromatic rings. The number of hydrogen-bond acceptors (Lipinski definition) is 4. The maximum atomic E-state index is 12.0. The van der Waals surface area contributed by atoms with Gasteiger partial charge in [-0.3, -0.25) is 4.79 Å². The van der Waals surface area contributed by atoms with E-state index in [1.54, 1.807) is 0 Å². The molecule has 26 heavy (non-hydrogen) atoms. The predicted molar refractivity (Wildman–Crippen MR) is 102 cm³/mol. The van der Waals surface area contributed by atoms with Crippen LogP contribution in [0.4, 0.5) is 5.69 Å². The van der Waals surface area contributed by atoms with Crippen LogP contribution in [0.2, 0.25) is 0 Å². The molecule has 5 heteroatoms. The summed E-state index contributed by atoms with van der Waals surface area (Å²) >= 11 is 0. The summed E-state index contributed by atoms with van der Waals surface area (Å²) in [5.41, 5.74) is 3.73. The Bertz CT molecular complexity index is 783. The lowest BCUT2D eigenvalue weighted by Crippen LogP contribution is -2.24. The largest absolute Gasteiger partial charge is 0.482 e. The predicted octanol–water partition coefficient (Wildman–Crippen LogP) is 3.99. The number of anilines is 1. The fourth-order valence-corrected chi connectivity index (χ4v) is 2.47. The molecule has 0 aliphatic heterocycles. The molecule has 2 rings (SSSR count). The number of rotatable bonds is 7. The lowest BCUT2D eigenvalue weighted by molar-refractivity contribution is -0.149. The third kappa shape index (κ3) is 5.62. The van der Waals surface area contributed by atoms with E-state index < -0.39 is 5.97 Å². The average Bonchev–Trinajstić information content (AvgIpc) is 2.61. The number of hydrogen-bond donors (Lipinski definition) is 1. The Kier molecular flexibility index (Phi) is 6.78. The Morgan fingerprint density at radius 1 is 1.04 bits per heavy atom. The topological polar surface area (TPSA) is 64.6 Å². The van der Waals surface area contributed by atoms with E-state index in [1.165, 1.54) is 0 Å². The smallest absolute Gasteiger partial charge is 0.344 e. The highest BCUT2D eigenvalue weighted by Crippen LogP contribution is 2.25. The SMILES string of the molecule is Cc1ccc(C)c(NC(=O)COC(=O)COc2ccccc2C(C)C)c1. The van der Waals surface area contributed by atoms with Crippen molar-refractivity contribution in [1.29, 1.82) is 0 Å². The molecule has 0 atom stereocenters. The van der Waals surface area contributed by atoms with Gasteiger partial charge in [-0.15, -0.1) is 0 Å². The van der Waals surface area contributed by atoms with Crippen molar-refractivity contribution in [3.63, 3.8) is 0 Å². The standard InChI is InChI=1S/C21H25NO4/c1-14(2)17-7-5-6-8-19(17)25-13-21(24)26-12-20(23)22-18-11-15(3)9-10-16(18)4/h5-11,14H,12-13H2,1-4H3,(H,22,23). The van der Waals surface area contributed by atoms with Gasteiger partial charge in [0.1, 0.15) is 5.75 Å². The molecular weight excluding hydrogens is 330 g/mol. The lowest BCUT2D eigenvalue weighted by atomic mass is 10.0. The van der Waals surface area contributed by atoms with Crippen LogP contribution in [0.3, 0.4) is 0 Å². The second-order valence-corrected chi connectivity index (χ2v) is 6.51. The molecule has 0 fully saturated rings. The Morgan fingerprint density at radius 3 is 2.50 bits per heavy atom. The highest BCUT2D eigenvalue weighted by Gasteiger charge is 2.12. The summed E-state index contributed by atoms with van der Waals surface area (Å²) in [7, 11) is 0. The van der Waals surface area contributed by atoms with Crippen LogP contribution in [0.15, 0.2) is 42.5 Å². The van der Waals surface area contributed by atoms with Gasteiger partial charge in [0.05, 0.1) is 0 Å². The van der Waals surface area contributed by atoms with E-state index in [4.69, 9.17) is 9.47 Å². The van der Waals surface area contributed by atoms with E-state index in [9.17, 15) is 9.59 Å². The molecule has 0 aliphatic rings. The monoisotopic (exact) mass is 355 g/mol. The van der Waals surface area contributed by atoms with Gasteiger partial charge in [0, 0.05) is 5.69 Å². The number of esters is 1. The maximum Gasteiger partial charge on any atom is 0.344 e. The zero-order valence-corrected chi connectivity index (χ0v) is 15.7. The van der Waals surface area contributed by atoms with Crippen molar-refractivity contribution in [3.05, 3.63) is 59.2 Å². The highest BCUT2D eigenvalue weighted by atomic mass is 16.6. The van der Waals surface area contributed by atoms with Crippen molar-refractivity contribution in [1.82, 2.24) is 0 Å². The first-order chi connectivity index (χ1) is 12.4. The molecule has 0 radical (unpaired) electrons. The Morgan fingerprint density at radius 2 is 1.77 bits per heavy atom. The van der Waals surface area contributed by atoms with Crippen LogP contribution in [-0.2, 0) is 14.3 Å². The quantitative estimate of drug-likeness (QED) is 0.763. The maximum absolute atomic E-state index is 12.0. The summed E-state index contributed by atoms with van der Waals surface area (Å²) in [5, 5.41) is 2.75. The molecule has 0 aliphatic carbocycles. The van der Waals surface area contributed by atoms with Crippen molar-refractivity contribution in [2.45, 2.75) is 33.6 Å². The summed E-state index contributed by atoms with van der Waals surface area (Å²) in [6, 6.07) is 13.3. The summed E-state index contributed by atoms with van der Waals surface area (Å²) in [6.45, 7) is 7.38. The molecular formula is C21H25NO4. The minimum absolute atomic E-state index is 0.236. The van der Waals surface area contributed by atoms with Gasteiger partial charge in [-0.25, -0.2) is 4.79 Å². The van der Waals surface area contributed by atoms with Gasteiger partial charge in [-0.05, 0) is 48.6 Å². The summed E-state index contributed by atoms with van der Waals surface area (Å²) in [6.07, 6.45) is 0. The molecule has 0 bridgehead atoms. The van der Waals surface area contributed by atoms with Gasteiger partial charge >= 0.3 is 5.97 Å². The fraction of sp³-hybridized carbons (Fsp3) is 0.333. The summed E-state index contributed by atoms with van der Waals surface area (Å²) < 4.78 is 10.5. The molecule has 0 spiro atoms. The number of amides is 1. The minimum Gasteiger partial charge on any atom is -0.482 e. The van der Waals surface area contributed by atoms with Crippen LogP contribution in [0, 0.1) is 13.8 Å². The number of para-hydroxylation sites is 1. The number of benzene rings is 2. The Balaban J connectivity index is 1.82. The number of carbonyl (C=O) groups excluding carboxylic acids is 2. The first-order valence-electron chi connectivity index (χ1n) is 8.61. The molecule has 138 valence electrons. The summed E-state index contributed by atoms with van der Waals surface area (Å²) in [5.74, 6) is -0.0286. The van der Waals surface area contributed by atoms with E-state index in [0.717, 1.165) is 16.7 Å². The molecule has 2 aromatic carbocycles. The first kappa shape index (κ1) is 19.5. The van der Waals surface area contributed by atoms with Gasteiger partial charge in [-0.1, -0.05) is 44.2 Å². The van der Waals surface area contributed by atoms with Crippen LogP contribution in [0.5, 0.6) is 5.75 Å². The van der Waals surface area contributed by atoms with Gasteiger partial charge in [0.15, 0.2) is 13.2 Å². The van der Waals surface area contributed by atoms with Crippen molar-refractivity contribution in [2.75, 3.05) is 18.5 Å². The number of nitrogens with one attached hydrogen (secondary N) is 1. The van der Waals surface area contributed by atoms with Crippen LogP contribution in [-0.4, -0.2) is 25.1 Å². The Hall–Kier alpha value is -2.82. The van der Waals surface area contributed by atoms with E-state index in [2.05, 4.69) is 19.2 Å². The summed E-state index contributed by atoms with van der Waals surface area (Å²) in [4.78, 5) is 23.8. The molecule has 0 unspecified atom stereocenters. The zero-order valence-electron chi connectivity index (χ0n) is 15.7. The van der Waals surface area contributed by atoms with Gasteiger partial charge < -0.3 is 14.8 Å². The molecule has 1 N–H and O–H groups in total. The molecule has 0 aromatic heterocycles. The van der Waals surface area contributed by atoms with Crippen LogP contribution in [0.25, 0.3) is 0 Å². The normalized spacial score (nSPS) is 10.5. The minimum atomic E-state index is -0.584. The third-order valence-corrected chi connectivity index (χ3v) is 3.92. The first-order valence-corrected chi connectivity index (χ1v) is 8.61. The second-order valence-electron chi connectivity index (χ2n) is 6.51. The van der Waals surface area contributed by atoms with Gasteiger partial charge in [-0.2, -0.15) is 0 Å². The van der Waals surface area contributed by atoms with Crippen LogP contribution < -0.4 is 10.1 Å². The molecule has 0 heterocycles. The molecule has 0 saturated heterocycles. The molecule has 0 saturated carbocycles. The highest BCUT2D eigenvalue weighted by molar-refractivity contribution is 5.93. The van der Waals surface area contributed by atoms with Crippen molar-refractivity contribution < 1.29 is 19.1 Å². The van der Waals surface area contributed by atoms with Crippen LogP contribution >= 0.6 is 0 Å². The number of carbonyl (C=O) groups is 2. The molecule has 1 amide bonds. The van der Waals surface area contributed by atoms with Crippen molar-refractivity contribution >= 4 is 17.6 Å². The van der Waals surface area contributed by atoms with Crippen molar-refractivity contribution in [3.8, 4) is 5.75 Å². The van der Waals surface area contributed by atoms with Gasteiger partial charge in [0.2, 0.25) is 0 Å². The number of aryl methyl sites for hydroxylation is 2. The second kappa shape index (κ2) is 9.04. The van der Waals surface area contributed by atoms with Gasteiger partial charge in [0.25, 0.3) is 5.91 Å². The lowest BCUT2D eigenvalue weighted by Gasteiger charge is -2.13. The van der Waals surface area contributed by atoms with E-state index in [0.29, 0.717) is 11.4 Å². The fourth-order valence-electron chi connectivity index (χ4n) is 2.47. The van der Waals surface area contributed by atoms with Crippen molar-refractivity contribution in [2.24, 2.45) is 0 Å². The number of ether oxygens (including phenoxy) is 2.